The smallest absolute Gasteiger partial charge is 0.306 e. The zero-order chi connectivity index (χ0) is 28.2. The summed E-state index contributed by atoms with van der Waals surface area (Å²) in [7, 11) is 0. The number of nitrogens with one attached hydrogen (secondary N) is 1. The fraction of sp³-hybridized carbons (Fsp3) is 0.562. The summed E-state index contributed by atoms with van der Waals surface area (Å²) in [5, 5.41) is 2.92. The highest BCUT2D eigenvalue weighted by atomic mass is 16.8. The van der Waals surface area contributed by atoms with E-state index in [1.165, 1.54) is 32.6 Å². The summed E-state index contributed by atoms with van der Waals surface area (Å²) in [5.41, 5.74) is 1.81. The monoisotopic (exact) mass is 553 g/mol. The number of carbonyl (C=O) groups excluding carboxylic acids is 2. The second-order valence-electron chi connectivity index (χ2n) is 10.6. The first kappa shape index (κ1) is 30.2. The van der Waals surface area contributed by atoms with Crippen LogP contribution in [0.4, 0.5) is 0 Å². The van der Waals surface area contributed by atoms with Crippen molar-refractivity contribution < 1.29 is 33.3 Å². The van der Waals surface area contributed by atoms with E-state index in [1.807, 2.05) is 60.7 Å². The van der Waals surface area contributed by atoms with Gasteiger partial charge < -0.3 is 29.0 Å². The van der Waals surface area contributed by atoms with E-state index < -0.39 is 36.9 Å². The molecule has 0 aromatic heterocycles. The highest BCUT2D eigenvalue weighted by Crippen LogP contribution is 2.36. The average Bonchev–Trinajstić information content (AvgIpc) is 2.97. The van der Waals surface area contributed by atoms with Crippen molar-refractivity contribution in [2.24, 2.45) is 0 Å². The quantitative estimate of drug-likeness (QED) is 0.241. The van der Waals surface area contributed by atoms with E-state index in [9.17, 15) is 9.59 Å². The van der Waals surface area contributed by atoms with Crippen LogP contribution in [-0.4, -0.2) is 49.1 Å². The van der Waals surface area contributed by atoms with Gasteiger partial charge in [-0.25, -0.2) is 0 Å². The van der Waals surface area contributed by atoms with Gasteiger partial charge in [0.05, 0.1) is 13.2 Å². The molecule has 40 heavy (non-hydrogen) atoms. The minimum Gasteiger partial charge on any atom is -0.457 e. The van der Waals surface area contributed by atoms with Crippen LogP contribution in [0.25, 0.3) is 0 Å². The van der Waals surface area contributed by atoms with Crippen LogP contribution in [-0.2, 0) is 39.9 Å². The molecule has 6 atom stereocenters. The summed E-state index contributed by atoms with van der Waals surface area (Å²) in [6.45, 7) is 4.13. The SMILES string of the molecule is CCCCCCCCCC(=O)O[C@H]1[C@H](NC(C)=O)[C@H](OCc2ccccc2)O[C@@H]2CO[C@H](c3ccccc3)O[C@@H]12. The van der Waals surface area contributed by atoms with Gasteiger partial charge in [-0.1, -0.05) is 106 Å². The lowest BCUT2D eigenvalue weighted by Crippen LogP contribution is -2.67. The largest absolute Gasteiger partial charge is 0.457 e. The van der Waals surface area contributed by atoms with Gasteiger partial charge in [0.15, 0.2) is 18.7 Å². The van der Waals surface area contributed by atoms with Gasteiger partial charge in [0.25, 0.3) is 0 Å². The molecular formula is C32H43NO7. The Kier molecular flexibility index (Phi) is 12.0. The fourth-order valence-corrected chi connectivity index (χ4v) is 5.21. The lowest BCUT2D eigenvalue weighted by Gasteiger charge is -2.48. The van der Waals surface area contributed by atoms with Crippen molar-refractivity contribution >= 4 is 11.9 Å². The van der Waals surface area contributed by atoms with Crippen LogP contribution in [0.1, 0.15) is 82.6 Å². The zero-order valence-corrected chi connectivity index (χ0v) is 23.7. The molecule has 2 saturated heterocycles. The normalized spacial score (nSPS) is 26.1. The minimum absolute atomic E-state index is 0.230. The lowest BCUT2D eigenvalue weighted by atomic mass is 9.95. The molecule has 1 N–H and O–H groups in total. The van der Waals surface area contributed by atoms with E-state index in [0.29, 0.717) is 6.42 Å². The third-order valence-corrected chi connectivity index (χ3v) is 7.29. The maximum atomic E-state index is 13.1. The third kappa shape index (κ3) is 8.86. The van der Waals surface area contributed by atoms with Crippen LogP contribution in [0, 0.1) is 0 Å². The predicted octanol–water partition coefficient (Wildman–Crippen LogP) is 5.60. The molecule has 218 valence electrons. The molecule has 1 amide bonds. The Hall–Kier alpha value is -2.78. The van der Waals surface area contributed by atoms with Gasteiger partial charge in [-0.3, -0.25) is 9.59 Å². The van der Waals surface area contributed by atoms with Crippen molar-refractivity contribution in [3.05, 3.63) is 71.8 Å². The summed E-state index contributed by atoms with van der Waals surface area (Å²) >= 11 is 0. The van der Waals surface area contributed by atoms with E-state index in [2.05, 4.69) is 12.2 Å². The summed E-state index contributed by atoms with van der Waals surface area (Å²) < 4.78 is 30.9. The molecule has 2 aliphatic rings. The van der Waals surface area contributed by atoms with Gasteiger partial charge in [0, 0.05) is 18.9 Å². The summed E-state index contributed by atoms with van der Waals surface area (Å²) in [5.74, 6) is -0.595. The number of amides is 1. The van der Waals surface area contributed by atoms with E-state index in [1.54, 1.807) is 0 Å². The predicted molar refractivity (Wildman–Crippen MR) is 150 cm³/mol. The third-order valence-electron chi connectivity index (χ3n) is 7.29. The number of esters is 1. The van der Waals surface area contributed by atoms with Crippen LogP contribution in [0.5, 0.6) is 0 Å². The van der Waals surface area contributed by atoms with Gasteiger partial charge in [-0.05, 0) is 12.0 Å². The Morgan fingerprint density at radius 1 is 0.900 bits per heavy atom. The number of unbranched alkanes of at least 4 members (excludes halogenated alkanes) is 6. The van der Waals surface area contributed by atoms with Gasteiger partial charge in [-0.15, -0.1) is 0 Å². The second kappa shape index (κ2) is 15.9. The molecule has 2 fully saturated rings. The molecule has 2 aliphatic heterocycles. The van der Waals surface area contributed by atoms with Crippen molar-refractivity contribution in [1.29, 1.82) is 0 Å². The molecule has 2 aromatic rings. The molecule has 2 aromatic carbocycles. The molecule has 0 aliphatic carbocycles. The van der Waals surface area contributed by atoms with Crippen LogP contribution >= 0.6 is 0 Å². The highest BCUT2D eigenvalue weighted by Gasteiger charge is 2.52. The zero-order valence-electron chi connectivity index (χ0n) is 23.7. The molecule has 4 rings (SSSR count). The van der Waals surface area contributed by atoms with Gasteiger partial charge in [0.1, 0.15) is 18.2 Å². The Balaban J connectivity index is 1.47. The number of ether oxygens (including phenoxy) is 5. The van der Waals surface area contributed by atoms with E-state index >= 15 is 0 Å². The first-order valence-electron chi connectivity index (χ1n) is 14.6. The molecule has 0 bridgehead atoms. The Morgan fingerprint density at radius 3 is 2.27 bits per heavy atom. The average molecular weight is 554 g/mol. The Labute approximate surface area is 237 Å². The standard InChI is InChI=1S/C32H43NO7/c1-3-4-5-6-7-8-15-20-27(35)39-30-28(33-23(2)34)32(36-21-24-16-11-9-12-17-24)38-26-22-37-31(40-29(26)30)25-18-13-10-14-19-25/h9-14,16-19,26,28-32H,3-8,15,20-22H2,1-2H3,(H,33,34)/t26-,28+,29-,30+,31+,32-/m1/s1. The molecule has 0 spiro atoms. The maximum absolute atomic E-state index is 13.1. The number of fused-ring (bicyclic) bond motifs is 1. The first-order chi connectivity index (χ1) is 19.5. The summed E-state index contributed by atoms with van der Waals surface area (Å²) in [6, 6.07) is 18.6. The number of rotatable bonds is 14. The van der Waals surface area contributed by atoms with Crippen LogP contribution in [0.15, 0.2) is 60.7 Å². The minimum atomic E-state index is -0.859. The lowest BCUT2D eigenvalue weighted by molar-refractivity contribution is -0.346. The van der Waals surface area contributed by atoms with Crippen molar-refractivity contribution in [1.82, 2.24) is 5.32 Å². The van der Waals surface area contributed by atoms with Crippen LogP contribution in [0.3, 0.4) is 0 Å². The number of hydrogen-bond donors (Lipinski definition) is 1. The maximum Gasteiger partial charge on any atom is 0.306 e. The van der Waals surface area contributed by atoms with Crippen LogP contribution < -0.4 is 5.32 Å². The second-order valence-corrected chi connectivity index (χ2v) is 10.6. The summed E-state index contributed by atoms with van der Waals surface area (Å²) in [6.07, 6.45) is 4.55. The number of benzene rings is 2. The summed E-state index contributed by atoms with van der Waals surface area (Å²) in [4.78, 5) is 25.4. The molecule has 0 radical (unpaired) electrons. The molecule has 2 heterocycles. The number of carbonyl (C=O) groups is 2. The van der Waals surface area contributed by atoms with Crippen molar-refractivity contribution in [3.8, 4) is 0 Å². The molecule has 0 unspecified atom stereocenters. The first-order valence-corrected chi connectivity index (χ1v) is 14.6. The van der Waals surface area contributed by atoms with Crippen LogP contribution in [0.2, 0.25) is 0 Å². The van der Waals surface area contributed by atoms with Crippen molar-refractivity contribution in [3.63, 3.8) is 0 Å². The molecule has 8 nitrogen and oxygen atoms in total. The Bertz CT molecular complexity index is 1030. The molecule has 0 saturated carbocycles. The van der Waals surface area contributed by atoms with Crippen molar-refractivity contribution in [2.45, 2.75) is 109 Å². The van der Waals surface area contributed by atoms with E-state index in [4.69, 9.17) is 23.7 Å². The van der Waals surface area contributed by atoms with Gasteiger partial charge in [-0.2, -0.15) is 0 Å². The van der Waals surface area contributed by atoms with Gasteiger partial charge in [0.2, 0.25) is 5.91 Å². The van der Waals surface area contributed by atoms with E-state index in [-0.39, 0.29) is 25.1 Å². The number of hydrogen-bond acceptors (Lipinski definition) is 7. The van der Waals surface area contributed by atoms with Crippen molar-refractivity contribution in [2.75, 3.05) is 6.61 Å². The topological polar surface area (TPSA) is 92.3 Å². The van der Waals surface area contributed by atoms with E-state index in [0.717, 1.165) is 30.4 Å². The van der Waals surface area contributed by atoms with Gasteiger partial charge >= 0.3 is 5.97 Å². The Morgan fingerprint density at radius 2 is 1.57 bits per heavy atom. The highest BCUT2D eigenvalue weighted by molar-refractivity contribution is 5.73. The molecular weight excluding hydrogens is 510 g/mol. The molecule has 8 heteroatoms. The fourth-order valence-electron chi connectivity index (χ4n) is 5.21.